The SMILES string of the molecule is CCCCCCCCCCCCCCC/C=C/C(=O)N(C)CCS(=O)(=O)[O-].[Na+]. The Morgan fingerprint density at radius 2 is 1.29 bits per heavy atom. The summed E-state index contributed by atoms with van der Waals surface area (Å²) in [5.41, 5.74) is 0. The van der Waals surface area contributed by atoms with Crippen LogP contribution in [0.2, 0.25) is 0 Å². The number of hydrogen-bond acceptors (Lipinski definition) is 4. The molecule has 0 radical (unpaired) electrons. The van der Waals surface area contributed by atoms with Crippen molar-refractivity contribution in [2.24, 2.45) is 0 Å². The van der Waals surface area contributed by atoms with E-state index < -0.39 is 15.9 Å². The van der Waals surface area contributed by atoms with E-state index >= 15 is 0 Å². The molecule has 0 N–H and O–H groups in total. The van der Waals surface area contributed by atoms with Crippen molar-refractivity contribution in [3.63, 3.8) is 0 Å². The number of likely N-dealkylation sites (N-methyl/N-ethyl adjacent to an activating group) is 1. The molecule has 160 valence electrons. The Morgan fingerprint density at radius 1 is 0.857 bits per heavy atom. The van der Waals surface area contributed by atoms with E-state index in [4.69, 9.17) is 0 Å². The number of allylic oxidation sites excluding steroid dienone is 1. The van der Waals surface area contributed by atoms with Gasteiger partial charge in [-0.3, -0.25) is 4.79 Å². The molecule has 0 aliphatic carbocycles. The summed E-state index contributed by atoms with van der Waals surface area (Å²) in [4.78, 5) is 13.0. The largest absolute Gasteiger partial charge is 1.00 e. The van der Waals surface area contributed by atoms with E-state index in [1.165, 1.54) is 95.1 Å². The van der Waals surface area contributed by atoms with E-state index in [9.17, 15) is 17.8 Å². The molecule has 0 aliphatic rings. The summed E-state index contributed by atoms with van der Waals surface area (Å²) in [7, 11) is -2.77. The number of carbonyl (C=O) groups excluding carboxylic acids is 1. The standard InChI is InChI=1S/C21H41NO4S.Na/c1-3-4-5-6-7-8-9-10-11-12-13-14-15-16-17-18-21(23)22(2)19-20-27(24,25)26;/h17-18H,3-16,19-20H2,1-2H3,(H,24,25,26);/q;+1/p-1/b18-17+;. The van der Waals surface area contributed by atoms with Crippen molar-refractivity contribution in [2.75, 3.05) is 19.3 Å². The number of nitrogens with zero attached hydrogens (tertiary/aromatic N) is 1. The third-order valence-electron chi connectivity index (χ3n) is 4.79. The Balaban J connectivity index is 0. The van der Waals surface area contributed by atoms with Gasteiger partial charge in [0.15, 0.2) is 0 Å². The minimum atomic E-state index is -4.27. The Morgan fingerprint density at radius 3 is 1.71 bits per heavy atom. The van der Waals surface area contributed by atoms with Gasteiger partial charge >= 0.3 is 29.6 Å². The molecule has 7 heteroatoms. The van der Waals surface area contributed by atoms with Crippen LogP contribution in [0.3, 0.4) is 0 Å². The monoisotopic (exact) mass is 425 g/mol. The predicted molar refractivity (Wildman–Crippen MR) is 112 cm³/mol. The van der Waals surface area contributed by atoms with Gasteiger partial charge in [-0.05, 0) is 18.9 Å². The molecule has 0 fully saturated rings. The first-order valence-electron chi connectivity index (χ1n) is 10.7. The van der Waals surface area contributed by atoms with Crippen molar-refractivity contribution in [1.82, 2.24) is 4.90 Å². The quantitative estimate of drug-likeness (QED) is 0.146. The molecule has 0 saturated carbocycles. The molecule has 0 bridgehead atoms. The first kappa shape index (κ1) is 30.3. The molecule has 0 atom stereocenters. The second-order valence-electron chi connectivity index (χ2n) is 7.46. The third-order valence-corrected chi connectivity index (χ3v) is 5.47. The van der Waals surface area contributed by atoms with E-state index in [-0.39, 0.29) is 42.0 Å². The third kappa shape index (κ3) is 22.4. The molecule has 1 amide bonds. The molecule has 0 aromatic rings. The number of hydrogen-bond donors (Lipinski definition) is 0. The first-order chi connectivity index (χ1) is 12.9. The van der Waals surface area contributed by atoms with E-state index in [1.54, 1.807) is 0 Å². The van der Waals surface area contributed by atoms with Crippen LogP contribution in [-0.2, 0) is 14.9 Å². The van der Waals surface area contributed by atoms with Crippen LogP contribution in [0.4, 0.5) is 0 Å². The summed E-state index contributed by atoms with van der Waals surface area (Å²) in [6, 6.07) is 0. The van der Waals surface area contributed by atoms with Crippen LogP contribution < -0.4 is 29.6 Å². The molecule has 0 heterocycles. The van der Waals surface area contributed by atoms with Crippen molar-refractivity contribution in [3.8, 4) is 0 Å². The predicted octanol–water partition coefficient (Wildman–Crippen LogP) is 2.03. The van der Waals surface area contributed by atoms with Gasteiger partial charge in [0.05, 0.1) is 15.9 Å². The van der Waals surface area contributed by atoms with Gasteiger partial charge in [-0.1, -0.05) is 90.0 Å². The van der Waals surface area contributed by atoms with Gasteiger partial charge in [0, 0.05) is 13.6 Å². The molecule has 0 saturated heterocycles. The minimum absolute atomic E-state index is 0. The molecule has 0 unspecified atom stereocenters. The van der Waals surface area contributed by atoms with Gasteiger partial charge in [0.1, 0.15) is 0 Å². The fourth-order valence-corrected chi connectivity index (χ4v) is 3.45. The van der Waals surface area contributed by atoms with Gasteiger partial charge in [-0.25, -0.2) is 8.42 Å². The Hall–Kier alpha value is 0.120. The summed E-state index contributed by atoms with van der Waals surface area (Å²) in [5.74, 6) is -0.796. The summed E-state index contributed by atoms with van der Waals surface area (Å²) < 4.78 is 31.7. The zero-order valence-electron chi connectivity index (χ0n) is 18.5. The van der Waals surface area contributed by atoms with Crippen LogP contribution in [0, 0.1) is 0 Å². The molecule has 28 heavy (non-hydrogen) atoms. The van der Waals surface area contributed by atoms with E-state index in [2.05, 4.69) is 6.92 Å². The van der Waals surface area contributed by atoms with Crippen molar-refractivity contribution < 1.29 is 47.3 Å². The smallest absolute Gasteiger partial charge is 0.748 e. The Labute approximate surface area is 195 Å². The number of rotatable bonds is 18. The van der Waals surface area contributed by atoms with Crippen LogP contribution in [0.1, 0.15) is 96.8 Å². The molecule has 0 aromatic heterocycles. The zero-order chi connectivity index (χ0) is 20.4. The summed E-state index contributed by atoms with van der Waals surface area (Å²) in [6.07, 6.45) is 21.3. The molecular weight excluding hydrogens is 385 g/mol. The van der Waals surface area contributed by atoms with Crippen LogP contribution in [0.15, 0.2) is 12.2 Å². The van der Waals surface area contributed by atoms with Gasteiger partial charge < -0.3 is 9.45 Å². The molecule has 5 nitrogen and oxygen atoms in total. The summed E-state index contributed by atoms with van der Waals surface area (Å²) >= 11 is 0. The van der Waals surface area contributed by atoms with Crippen molar-refractivity contribution >= 4 is 16.0 Å². The maximum atomic E-state index is 11.7. The van der Waals surface area contributed by atoms with Crippen molar-refractivity contribution in [2.45, 2.75) is 96.8 Å². The summed E-state index contributed by atoms with van der Waals surface area (Å²) in [6.45, 7) is 2.19. The van der Waals surface area contributed by atoms with Crippen molar-refractivity contribution in [3.05, 3.63) is 12.2 Å². The number of amides is 1. The second-order valence-corrected chi connectivity index (χ2v) is 8.98. The minimum Gasteiger partial charge on any atom is -0.748 e. The van der Waals surface area contributed by atoms with E-state index in [0.717, 1.165) is 12.8 Å². The van der Waals surface area contributed by atoms with Crippen molar-refractivity contribution in [1.29, 1.82) is 0 Å². The topological polar surface area (TPSA) is 77.5 Å². The fraction of sp³-hybridized carbons (Fsp3) is 0.857. The van der Waals surface area contributed by atoms with E-state index in [0.29, 0.717) is 0 Å². The maximum absolute atomic E-state index is 11.7. The van der Waals surface area contributed by atoms with Crippen LogP contribution in [-0.4, -0.2) is 43.1 Å². The molecule has 0 spiro atoms. The summed E-state index contributed by atoms with van der Waals surface area (Å²) in [5, 5.41) is 0. The zero-order valence-corrected chi connectivity index (χ0v) is 21.3. The normalized spacial score (nSPS) is 11.5. The Bertz CT molecular complexity index is 495. The Kier molecular flexibility index (Phi) is 22.1. The van der Waals surface area contributed by atoms with Crippen LogP contribution in [0.5, 0.6) is 0 Å². The molecule has 0 aromatic carbocycles. The van der Waals surface area contributed by atoms with Gasteiger partial charge in [-0.2, -0.15) is 0 Å². The van der Waals surface area contributed by atoms with Gasteiger partial charge in [0.2, 0.25) is 5.91 Å². The maximum Gasteiger partial charge on any atom is 1.00 e. The van der Waals surface area contributed by atoms with E-state index in [1.807, 2.05) is 6.08 Å². The van der Waals surface area contributed by atoms with Crippen LogP contribution in [0.25, 0.3) is 0 Å². The number of unbranched alkanes of at least 4 members (excludes halogenated alkanes) is 13. The average molecular weight is 426 g/mol. The van der Waals surface area contributed by atoms with Crippen LogP contribution >= 0.6 is 0 Å². The molecular formula is C21H40NNaO4S. The molecule has 0 aliphatic heterocycles. The second kappa shape index (κ2) is 20.4. The number of carbonyl (C=O) groups is 1. The first-order valence-corrected chi connectivity index (χ1v) is 12.3. The van der Waals surface area contributed by atoms with Gasteiger partial charge in [-0.15, -0.1) is 0 Å². The fourth-order valence-electron chi connectivity index (χ4n) is 2.95. The molecule has 0 rings (SSSR count). The average Bonchev–Trinajstić information content (AvgIpc) is 2.62. The van der Waals surface area contributed by atoms with Gasteiger partial charge in [0.25, 0.3) is 0 Å².